The minimum Gasteiger partial charge on any atom is -0.368 e. The number of imidazole rings is 1. The molecule has 2 aromatic heterocycles. The van der Waals surface area contributed by atoms with E-state index in [1.807, 2.05) is 18.4 Å². The molecule has 0 saturated heterocycles. The number of anilines is 1. The minimum atomic E-state index is -3.97. The van der Waals surface area contributed by atoms with E-state index >= 15 is 0 Å². The van der Waals surface area contributed by atoms with E-state index in [1.165, 1.54) is 0 Å². The van der Waals surface area contributed by atoms with Crippen LogP contribution in [0.5, 0.6) is 0 Å². The fraction of sp³-hybridized carbons (Fsp3) is 0.583. The van der Waals surface area contributed by atoms with Gasteiger partial charge in [-0.05, 0) is 18.3 Å². The molecule has 2 rings (SSSR count). The highest BCUT2D eigenvalue weighted by Crippen LogP contribution is 2.40. The van der Waals surface area contributed by atoms with Gasteiger partial charge in [0.05, 0.1) is 12.5 Å². The Morgan fingerprint density at radius 2 is 2.05 bits per heavy atom. The normalized spacial score (nSPS) is 13.0. The Labute approximate surface area is 132 Å². The second-order valence-corrected chi connectivity index (χ2v) is 8.17. The van der Waals surface area contributed by atoms with Crippen LogP contribution in [0.1, 0.15) is 26.7 Å². The zero-order valence-electron chi connectivity index (χ0n) is 12.4. The Kier molecular flexibility index (Phi) is 4.77. The molecule has 0 unspecified atom stereocenters. The monoisotopic (exact) mass is 347 g/mol. The fourth-order valence-corrected chi connectivity index (χ4v) is 3.20. The molecule has 0 aliphatic heterocycles. The van der Waals surface area contributed by atoms with Crippen LogP contribution in [0.2, 0.25) is 5.15 Å². The number of hydrogen-bond donors (Lipinski definition) is 3. The number of nitrogen functional groups attached to an aromatic ring is 1. The average Bonchev–Trinajstić information content (AvgIpc) is 2.77. The van der Waals surface area contributed by atoms with Gasteiger partial charge in [0.25, 0.3) is 0 Å². The number of halogens is 1. The SMILES string of the molecule is CC(C)(CCn1cnc2c(Cl)nc(N)nc21)CCP(=O)(O)O. The Hall–Kier alpha value is -1.21. The Bertz CT molecular complexity index is 727. The molecule has 4 N–H and O–H groups in total. The van der Waals surface area contributed by atoms with Crippen LogP contribution >= 0.6 is 19.2 Å². The number of hydrogen-bond acceptors (Lipinski definition) is 5. The number of fused-ring (bicyclic) bond motifs is 1. The lowest BCUT2D eigenvalue weighted by Gasteiger charge is -2.25. The Balaban J connectivity index is 2.10. The van der Waals surface area contributed by atoms with Crippen LogP contribution in [0.4, 0.5) is 5.95 Å². The van der Waals surface area contributed by atoms with Gasteiger partial charge in [0.2, 0.25) is 5.95 Å². The molecule has 2 heterocycles. The average molecular weight is 348 g/mol. The topological polar surface area (TPSA) is 127 Å². The molecule has 0 spiro atoms. The maximum absolute atomic E-state index is 11.0. The maximum Gasteiger partial charge on any atom is 0.325 e. The molecule has 22 heavy (non-hydrogen) atoms. The van der Waals surface area contributed by atoms with Gasteiger partial charge in [-0.2, -0.15) is 9.97 Å². The van der Waals surface area contributed by atoms with E-state index in [2.05, 4.69) is 15.0 Å². The van der Waals surface area contributed by atoms with Crippen molar-refractivity contribution in [1.82, 2.24) is 19.5 Å². The van der Waals surface area contributed by atoms with Crippen molar-refractivity contribution in [2.24, 2.45) is 5.41 Å². The van der Waals surface area contributed by atoms with Gasteiger partial charge in [0, 0.05) is 6.54 Å². The number of rotatable bonds is 6. The van der Waals surface area contributed by atoms with Gasteiger partial charge >= 0.3 is 7.60 Å². The van der Waals surface area contributed by atoms with Gasteiger partial charge in [0.1, 0.15) is 5.52 Å². The van der Waals surface area contributed by atoms with Crippen LogP contribution in [0, 0.1) is 5.41 Å². The zero-order chi connectivity index (χ0) is 16.5. The van der Waals surface area contributed by atoms with Crippen LogP contribution in [0.15, 0.2) is 6.33 Å². The van der Waals surface area contributed by atoms with Crippen LogP contribution in [-0.4, -0.2) is 35.5 Å². The number of aryl methyl sites for hydroxylation is 1. The summed E-state index contributed by atoms with van der Waals surface area (Å²) in [6, 6.07) is 0. The third-order valence-electron chi connectivity index (χ3n) is 3.55. The molecule has 0 fully saturated rings. The van der Waals surface area contributed by atoms with E-state index in [-0.39, 0.29) is 22.7 Å². The molecule has 10 heteroatoms. The largest absolute Gasteiger partial charge is 0.368 e. The fourth-order valence-electron chi connectivity index (χ4n) is 2.09. The number of nitrogens with two attached hydrogens (primary N) is 1. The predicted octanol–water partition coefficient (Wildman–Crippen LogP) is 2.05. The number of nitrogens with zero attached hydrogens (tertiary/aromatic N) is 4. The van der Waals surface area contributed by atoms with Gasteiger partial charge in [-0.1, -0.05) is 25.4 Å². The van der Waals surface area contributed by atoms with Crippen LogP contribution in [0.25, 0.3) is 11.2 Å². The molecule has 0 saturated carbocycles. The van der Waals surface area contributed by atoms with Gasteiger partial charge in [-0.15, -0.1) is 0 Å². The van der Waals surface area contributed by atoms with Crippen molar-refractivity contribution in [3.05, 3.63) is 11.5 Å². The van der Waals surface area contributed by atoms with Crippen LogP contribution < -0.4 is 5.73 Å². The van der Waals surface area contributed by atoms with Crippen molar-refractivity contribution < 1.29 is 14.4 Å². The van der Waals surface area contributed by atoms with E-state index in [0.29, 0.717) is 30.6 Å². The van der Waals surface area contributed by atoms with Gasteiger partial charge < -0.3 is 20.1 Å². The summed E-state index contributed by atoms with van der Waals surface area (Å²) in [6.45, 7) is 4.54. The number of aromatic nitrogens is 4. The molecule has 0 aliphatic rings. The van der Waals surface area contributed by atoms with Crippen molar-refractivity contribution in [2.75, 3.05) is 11.9 Å². The summed E-state index contributed by atoms with van der Waals surface area (Å²) >= 11 is 5.97. The van der Waals surface area contributed by atoms with Crippen LogP contribution in [-0.2, 0) is 11.1 Å². The summed E-state index contributed by atoms with van der Waals surface area (Å²) in [5.41, 5.74) is 6.42. The third kappa shape index (κ3) is 4.39. The van der Waals surface area contributed by atoms with E-state index in [9.17, 15) is 4.57 Å². The predicted molar refractivity (Wildman–Crippen MR) is 84.7 cm³/mol. The van der Waals surface area contributed by atoms with Crippen molar-refractivity contribution in [1.29, 1.82) is 0 Å². The lowest BCUT2D eigenvalue weighted by atomic mass is 9.86. The quantitative estimate of drug-likeness (QED) is 0.539. The Morgan fingerprint density at radius 3 is 2.68 bits per heavy atom. The summed E-state index contributed by atoms with van der Waals surface area (Å²) in [7, 11) is -3.97. The smallest absolute Gasteiger partial charge is 0.325 e. The molecule has 0 bridgehead atoms. The van der Waals surface area contributed by atoms with Gasteiger partial charge in [-0.25, -0.2) is 4.98 Å². The molecular weight excluding hydrogens is 329 g/mol. The highest BCUT2D eigenvalue weighted by atomic mass is 35.5. The molecule has 0 radical (unpaired) electrons. The first kappa shape index (κ1) is 17.1. The van der Waals surface area contributed by atoms with Crippen LogP contribution in [0.3, 0.4) is 0 Å². The Morgan fingerprint density at radius 1 is 1.36 bits per heavy atom. The lowest BCUT2D eigenvalue weighted by Crippen LogP contribution is -2.16. The van der Waals surface area contributed by atoms with E-state index in [0.717, 1.165) is 0 Å². The summed E-state index contributed by atoms with van der Waals surface area (Å²) < 4.78 is 12.8. The molecule has 0 amide bonds. The second-order valence-electron chi connectivity index (χ2n) is 6.04. The first-order valence-electron chi connectivity index (χ1n) is 6.76. The summed E-state index contributed by atoms with van der Waals surface area (Å²) in [5.74, 6) is 0.0833. The third-order valence-corrected chi connectivity index (χ3v) is 4.62. The molecular formula is C12H19ClN5O3P. The molecule has 0 aliphatic carbocycles. The van der Waals surface area contributed by atoms with Crippen molar-refractivity contribution >= 4 is 36.3 Å². The van der Waals surface area contributed by atoms with Crippen molar-refractivity contribution in [3.8, 4) is 0 Å². The molecule has 2 aromatic rings. The lowest BCUT2D eigenvalue weighted by molar-refractivity contribution is 0.291. The first-order chi connectivity index (χ1) is 10.1. The van der Waals surface area contributed by atoms with Crippen molar-refractivity contribution in [2.45, 2.75) is 33.2 Å². The summed E-state index contributed by atoms with van der Waals surface area (Å²) in [4.78, 5) is 30.1. The van der Waals surface area contributed by atoms with E-state index in [4.69, 9.17) is 27.1 Å². The zero-order valence-corrected chi connectivity index (χ0v) is 14.1. The van der Waals surface area contributed by atoms with Gasteiger partial charge in [-0.3, -0.25) is 4.57 Å². The molecule has 0 aromatic carbocycles. The highest BCUT2D eigenvalue weighted by molar-refractivity contribution is 7.51. The van der Waals surface area contributed by atoms with E-state index in [1.54, 1.807) is 6.33 Å². The maximum atomic E-state index is 11.0. The molecule has 122 valence electrons. The standard InChI is InChI=1S/C12H19ClN5O3P/c1-12(2,4-6-22(19,20)21)3-5-18-7-15-8-9(13)16-11(14)17-10(8)18/h7H,3-6H2,1-2H3,(H2,14,16,17)(H2,19,20,21). The molecule has 0 atom stereocenters. The van der Waals surface area contributed by atoms with Gasteiger partial charge in [0.15, 0.2) is 10.8 Å². The van der Waals surface area contributed by atoms with E-state index < -0.39 is 7.60 Å². The second kappa shape index (κ2) is 6.12. The first-order valence-corrected chi connectivity index (χ1v) is 8.93. The summed E-state index contributed by atoms with van der Waals surface area (Å²) in [6.07, 6.45) is 2.64. The highest BCUT2D eigenvalue weighted by Gasteiger charge is 2.23. The van der Waals surface area contributed by atoms with Crippen molar-refractivity contribution in [3.63, 3.8) is 0 Å². The summed E-state index contributed by atoms with van der Waals surface area (Å²) in [5, 5.41) is 0.210. The molecule has 8 nitrogen and oxygen atoms in total. The minimum absolute atomic E-state index is 0.0833.